The predicted molar refractivity (Wildman–Crippen MR) is 138 cm³/mol. The predicted octanol–water partition coefficient (Wildman–Crippen LogP) is 3.98. The summed E-state index contributed by atoms with van der Waals surface area (Å²) in [6.07, 6.45) is 5.62. The quantitative estimate of drug-likeness (QED) is 0.368. The largest absolute Gasteiger partial charge is 0.508 e. The van der Waals surface area contributed by atoms with Crippen LogP contribution in [0, 0.1) is 17.2 Å². The molecule has 4 rings (SSSR count). The van der Waals surface area contributed by atoms with Gasteiger partial charge in [0.25, 0.3) is 5.91 Å². The number of benzene rings is 2. The van der Waals surface area contributed by atoms with Crippen LogP contribution in [0.5, 0.6) is 5.75 Å². The number of primary amides is 1. The molecule has 1 aliphatic carbocycles. The SMILES string of the molecule is N#CCC1(n2cc(C(N)=O)c(Nc3ccc(S(=O)C(F)F)cc3)n2)CCC(Cc2cccc(O)c2)CC1.O. The molecule has 9 nitrogen and oxygen atoms in total. The van der Waals surface area contributed by atoms with E-state index in [1.54, 1.807) is 23.0 Å². The number of rotatable bonds is 9. The Kier molecular flexibility index (Phi) is 9.19. The third-order valence-corrected chi connectivity index (χ3v) is 7.92. The van der Waals surface area contributed by atoms with Crippen LogP contribution < -0.4 is 11.1 Å². The topological polar surface area (TPSA) is 166 Å². The van der Waals surface area contributed by atoms with E-state index in [1.807, 2.05) is 12.1 Å². The van der Waals surface area contributed by atoms with Crippen LogP contribution in [0.3, 0.4) is 0 Å². The van der Waals surface area contributed by atoms with Gasteiger partial charge in [-0.25, -0.2) is 4.21 Å². The standard InChI is InChI=1S/C26H27F2N5O3S.H2O/c27-25(28)37(36)21-6-4-19(5-7-21)31-24-22(23(30)35)16-33(32-24)26(12-13-29)10-8-17(9-11-26)14-18-2-1-3-20(34)15-18;/h1-7,15-17,25,34H,8-12,14H2,(H2,30,35)(H,31,32);1H2. The highest BCUT2D eigenvalue weighted by molar-refractivity contribution is 7.85. The van der Waals surface area contributed by atoms with Crippen molar-refractivity contribution in [3.05, 3.63) is 65.9 Å². The summed E-state index contributed by atoms with van der Waals surface area (Å²) in [5, 5.41) is 26.9. The molecule has 1 heterocycles. The van der Waals surface area contributed by atoms with E-state index in [-0.39, 0.29) is 33.9 Å². The Morgan fingerprint density at radius 2 is 1.95 bits per heavy atom. The van der Waals surface area contributed by atoms with Crippen molar-refractivity contribution in [2.45, 2.75) is 54.7 Å². The average molecular weight is 546 g/mol. The molecule has 1 unspecified atom stereocenters. The number of aromatic hydroxyl groups is 1. The molecule has 1 amide bonds. The van der Waals surface area contributed by atoms with Gasteiger partial charge in [0, 0.05) is 16.8 Å². The van der Waals surface area contributed by atoms with Crippen molar-refractivity contribution in [3.8, 4) is 11.8 Å². The van der Waals surface area contributed by atoms with Crippen LogP contribution in [0.4, 0.5) is 20.3 Å². The first-order chi connectivity index (χ1) is 17.7. The third-order valence-electron chi connectivity index (χ3n) is 6.86. The zero-order valence-electron chi connectivity index (χ0n) is 20.4. The molecule has 1 fully saturated rings. The molecule has 1 atom stereocenters. The Hall–Kier alpha value is -3.82. The van der Waals surface area contributed by atoms with Gasteiger partial charge in [-0.1, -0.05) is 12.1 Å². The number of halogens is 2. The number of phenols is 1. The van der Waals surface area contributed by atoms with Crippen molar-refractivity contribution >= 4 is 28.2 Å². The van der Waals surface area contributed by atoms with Crippen molar-refractivity contribution < 1.29 is 28.4 Å². The average Bonchev–Trinajstić information content (AvgIpc) is 3.30. The molecule has 3 aromatic rings. The molecule has 0 aliphatic heterocycles. The molecule has 12 heteroatoms. The summed E-state index contributed by atoms with van der Waals surface area (Å²) in [6, 6.07) is 15.0. The smallest absolute Gasteiger partial charge is 0.316 e. The maximum atomic E-state index is 12.7. The molecule has 6 N–H and O–H groups in total. The number of nitrogens with one attached hydrogen (secondary N) is 1. The fourth-order valence-corrected chi connectivity index (χ4v) is 5.48. The normalized spacial score (nSPS) is 19.8. The lowest BCUT2D eigenvalue weighted by molar-refractivity contribution is 0.1000. The van der Waals surface area contributed by atoms with E-state index in [9.17, 15) is 28.2 Å². The zero-order valence-corrected chi connectivity index (χ0v) is 21.3. The molecule has 1 aromatic heterocycles. The maximum Gasteiger partial charge on any atom is 0.316 e. The highest BCUT2D eigenvalue weighted by atomic mass is 32.2. The number of phenolic OH excluding ortho intramolecular Hbond substituents is 1. The van der Waals surface area contributed by atoms with Crippen molar-refractivity contribution in [2.24, 2.45) is 11.7 Å². The van der Waals surface area contributed by atoms with Gasteiger partial charge in [0.05, 0.1) is 18.0 Å². The van der Waals surface area contributed by atoms with Crippen LogP contribution in [0.15, 0.2) is 59.6 Å². The summed E-state index contributed by atoms with van der Waals surface area (Å²) < 4.78 is 38.7. The van der Waals surface area contributed by atoms with E-state index >= 15 is 0 Å². The van der Waals surface area contributed by atoms with Crippen LogP contribution in [0.25, 0.3) is 0 Å². The highest BCUT2D eigenvalue weighted by Gasteiger charge is 2.38. The number of aromatic nitrogens is 2. The second-order valence-electron chi connectivity index (χ2n) is 9.28. The Morgan fingerprint density at radius 3 is 2.53 bits per heavy atom. The molecule has 0 spiro atoms. The third kappa shape index (κ3) is 6.35. The minimum atomic E-state index is -2.98. The van der Waals surface area contributed by atoms with Crippen LogP contribution in [0.2, 0.25) is 0 Å². The lowest BCUT2D eigenvalue weighted by atomic mass is 9.73. The number of carbonyl (C=O) groups is 1. The second-order valence-corrected chi connectivity index (χ2v) is 10.7. The number of carbonyl (C=O) groups excluding carboxylic acids is 1. The van der Waals surface area contributed by atoms with E-state index in [0.717, 1.165) is 24.8 Å². The lowest BCUT2D eigenvalue weighted by Gasteiger charge is -2.39. The summed E-state index contributed by atoms with van der Waals surface area (Å²) >= 11 is 0. The number of alkyl halides is 2. The molecule has 202 valence electrons. The fraction of sp³-hybridized carbons (Fsp3) is 0.346. The summed E-state index contributed by atoms with van der Waals surface area (Å²) in [6.45, 7) is 0. The summed E-state index contributed by atoms with van der Waals surface area (Å²) in [4.78, 5) is 12.2. The minimum absolute atomic E-state index is 0. The van der Waals surface area contributed by atoms with E-state index < -0.39 is 28.0 Å². The number of nitrogens with two attached hydrogens (primary N) is 1. The molecule has 0 bridgehead atoms. The monoisotopic (exact) mass is 545 g/mol. The van der Waals surface area contributed by atoms with Crippen LogP contribution in [-0.2, 0) is 22.8 Å². The highest BCUT2D eigenvalue weighted by Crippen LogP contribution is 2.42. The van der Waals surface area contributed by atoms with E-state index in [4.69, 9.17) is 5.73 Å². The molecule has 38 heavy (non-hydrogen) atoms. The Morgan fingerprint density at radius 1 is 1.26 bits per heavy atom. The zero-order chi connectivity index (χ0) is 26.6. The van der Waals surface area contributed by atoms with Crippen molar-refractivity contribution in [3.63, 3.8) is 0 Å². The molecule has 0 saturated heterocycles. The van der Waals surface area contributed by atoms with Gasteiger partial charge >= 0.3 is 5.76 Å². The minimum Gasteiger partial charge on any atom is -0.508 e. The first kappa shape index (κ1) is 28.7. The van der Waals surface area contributed by atoms with Gasteiger partial charge in [0.1, 0.15) is 22.1 Å². The van der Waals surface area contributed by atoms with E-state index in [1.165, 1.54) is 24.3 Å². The van der Waals surface area contributed by atoms with Gasteiger partial charge in [-0.15, -0.1) is 0 Å². The number of anilines is 2. The van der Waals surface area contributed by atoms with Gasteiger partial charge in [0.2, 0.25) is 0 Å². The van der Waals surface area contributed by atoms with Crippen molar-refractivity contribution in [1.82, 2.24) is 9.78 Å². The summed E-state index contributed by atoms with van der Waals surface area (Å²) in [5.74, 6) is -2.88. The fourth-order valence-electron chi connectivity index (χ4n) is 4.87. The van der Waals surface area contributed by atoms with Crippen LogP contribution in [-0.4, -0.2) is 36.2 Å². The molecule has 1 saturated carbocycles. The number of hydrogen-bond donors (Lipinski definition) is 3. The molecule has 1 aliphatic rings. The number of hydrogen-bond acceptors (Lipinski definition) is 6. The molecule has 2 aromatic carbocycles. The van der Waals surface area contributed by atoms with Gasteiger partial charge in [-0.3, -0.25) is 9.48 Å². The van der Waals surface area contributed by atoms with Gasteiger partial charge in [-0.05, 0) is 80.0 Å². The van der Waals surface area contributed by atoms with E-state index in [0.29, 0.717) is 24.4 Å². The van der Waals surface area contributed by atoms with Gasteiger partial charge in [0.15, 0.2) is 5.82 Å². The Bertz CT molecular complexity index is 1330. The van der Waals surface area contributed by atoms with Gasteiger partial charge < -0.3 is 21.6 Å². The number of nitriles is 1. The van der Waals surface area contributed by atoms with Crippen LogP contribution >= 0.6 is 0 Å². The molecular formula is C26H29F2N5O4S. The summed E-state index contributed by atoms with van der Waals surface area (Å²) in [7, 11) is -2.42. The molecule has 0 radical (unpaired) electrons. The number of amides is 1. The first-order valence-electron chi connectivity index (χ1n) is 11.8. The molecular weight excluding hydrogens is 516 g/mol. The van der Waals surface area contributed by atoms with Crippen molar-refractivity contribution in [1.29, 1.82) is 5.26 Å². The second kappa shape index (κ2) is 12.1. The van der Waals surface area contributed by atoms with E-state index in [2.05, 4.69) is 16.5 Å². The first-order valence-corrected chi connectivity index (χ1v) is 13.0. The summed E-state index contributed by atoms with van der Waals surface area (Å²) in [5.41, 5.74) is 6.65. The maximum absolute atomic E-state index is 12.7. The van der Waals surface area contributed by atoms with Crippen LogP contribution in [0.1, 0.15) is 48.0 Å². The van der Waals surface area contributed by atoms with Crippen molar-refractivity contribution in [2.75, 3.05) is 5.32 Å². The Balaban J connectivity index is 0.00000400. The van der Waals surface area contributed by atoms with Gasteiger partial charge in [-0.2, -0.15) is 19.1 Å². The number of nitrogens with zero attached hydrogens (tertiary/aromatic N) is 3. The Labute approximate surface area is 221 Å². The lowest BCUT2D eigenvalue weighted by Crippen LogP contribution is -2.38.